The highest BCUT2D eigenvalue weighted by Gasteiger charge is 2.24. The molecule has 2 rings (SSSR count). The lowest BCUT2D eigenvalue weighted by molar-refractivity contribution is -0.122. The molecular weight excluding hydrogens is 250 g/mol. The lowest BCUT2D eigenvalue weighted by atomic mass is 10.1. The monoisotopic (exact) mass is 275 g/mol. The zero-order chi connectivity index (χ0) is 14.4. The quantitative estimate of drug-likeness (QED) is 0.807. The maximum atomic E-state index is 12.3. The average molecular weight is 275 g/mol. The zero-order valence-electron chi connectivity index (χ0n) is 12.5. The van der Waals surface area contributed by atoms with E-state index in [1.807, 2.05) is 13.0 Å². The predicted molar refractivity (Wildman–Crippen MR) is 82.9 cm³/mol. The van der Waals surface area contributed by atoms with Crippen LogP contribution in [-0.2, 0) is 11.3 Å². The molecule has 0 saturated heterocycles. The highest BCUT2D eigenvalue weighted by Crippen LogP contribution is 2.24. The van der Waals surface area contributed by atoms with Crippen molar-refractivity contribution in [2.75, 3.05) is 24.5 Å². The second kappa shape index (κ2) is 7.29. The summed E-state index contributed by atoms with van der Waals surface area (Å²) in [4.78, 5) is 14.5. The third kappa shape index (κ3) is 3.51. The van der Waals surface area contributed by atoms with E-state index in [1.54, 1.807) is 0 Å². The molecule has 1 atom stereocenters. The van der Waals surface area contributed by atoms with Crippen LogP contribution in [0.4, 0.5) is 5.69 Å². The largest absolute Gasteiger partial charge is 0.358 e. The zero-order valence-corrected chi connectivity index (χ0v) is 12.5. The van der Waals surface area contributed by atoms with Crippen LogP contribution in [-0.4, -0.2) is 31.6 Å². The Hall–Kier alpha value is -1.55. The summed E-state index contributed by atoms with van der Waals surface area (Å²) in [5.41, 5.74) is 2.44. The molecule has 0 bridgehead atoms. The molecule has 4 heteroatoms. The van der Waals surface area contributed by atoms with E-state index < -0.39 is 0 Å². The van der Waals surface area contributed by atoms with Crippen LogP contribution in [0.1, 0.15) is 32.3 Å². The normalized spacial score (nSPS) is 16.2. The molecule has 1 amide bonds. The summed E-state index contributed by atoms with van der Waals surface area (Å²) in [5, 5.41) is 6.44. The van der Waals surface area contributed by atoms with E-state index in [-0.39, 0.29) is 11.9 Å². The summed E-state index contributed by atoms with van der Waals surface area (Å²) in [7, 11) is 0. The van der Waals surface area contributed by atoms with Gasteiger partial charge in [-0.2, -0.15) is 0 Å². The van der Waals surface area contributed by atoms with E-state index in [1.165, 1.54) is 11.3 Å². The Morgan fingerprint density at radius 3 is 3.05 bits per heavy atom. The van der Waals surface area contributed by atoms with Gasteiger partial charge in [-0.05, 0) is 25.0 Å². The molecule has 2 N–H and O–H groups in total. The summed E-state index contributed by atoms with van der Waals surface area (Å²) in [6.45, 7) is 7.53. The van der Waals surface area contributed by atoms with Crippen molar-refractivity contribution in [3.8, 4) is 0 Å². The van der Waals surface area contributed by atoms with Gasteiger partial charge in [-0.1, -0.05) is 31.5 Å². The maximum absolute atomic E-state index is 12.3. The molecule has 0 aliphatic carbocycles. The van der Waals surface area contributed by atoms with E-state index >= 15 is 0 Å². The molecule has 0 spiro atoms. The number of fused-ring (bicyclic) bond motifs is 1. The number of benzene rings is 1. The molecule has 0 radical (unpaired) electrons. The van der Waals surface area contributed by atoms with Crippen molar-refractivity contribution in [1.82, 2.24) is 10.6 Å². The standard InChI is InChI=1S/C16H25N3O/c1-3-4-9-18-16(20)13(2)19-11-10-17-12-14-7-5-6-8-15(14)19/h5-8,13,17H,3-4,9-12H2,1-2H3,(H,18,20). The smallest absolute Gasteiger partial charge is 0.242 e. The SMILES string of the molecule is CCCCNC(=O)C(C)N1CCNCc2ccccc21. The number of unbranched alkanes of at least 4 members (excludes halogenated alkanes) is 1. The van der Waals surface area contributed by atoms with E-state index in [0.29, 0.717) is 0 Å². The fraction of sp³-hybridized carbons (Fsp3) is 0.562. The first-order valence-corrected chi connectivity index (χ1v) is 7.57. The van der Waals surface area contributed by atoms with Gasteiger partial charge in [0.25, 0.3) is 0 Å². The molecule has 4 nitrogen and oxygen atoms in total. The minimum absolute atomic E-state index is 0.121. The number of rotatable bonds is 5. The molecule has 20 heavy (non-hydrogen) atoms. The highest BCUT2D eigenvalue weighted by atomic mass is 16.2. The molecule has 0 saturated carbocycles. The number of para-hydroxylation sites is 1. The molecule has 1 aliphatic rings. The number of carbonyl (C=O) groups excluding carboxylic acids is 1. The Bertz CT molecular complexity index is 447. The van der Waals surface area contributed by atoms with Gasteiger partial charge in [0.05, 0.1) is 0 Å². The van der Waals surface area contributed by atoms with Crippen LogP contribution < -0.4 is 15.5 Å². The Morgan fingerprint density at radius 2 is 2.25 bits per heavy atom. The van der Waals surface area contributed by atoms with Crippen LogP contribution in [0.5, 0.6) is 0 Å². The first kappa shape index (κ1) is 14.9. The third-order valence-corrected chi connectivity index (χ3v) is 3.82. The predicted octanol–water partition coefficient (Wildman–Crippen LogP) is 1.90. The van der Waals surface area contributed by atoms with Gasteiger partial charge in [0.15, 0.2) is 0 Å². The maximum Gasteiger partial charge on any atom is 0.242 e. The first-order chi connectivity index (χ1) is 9.74. The van der Waals surface area contributed by atoms with Crippen LogP contribution in [0.15, 0.2) is 24.3 Å². The van der Waals surface area contributed by atoms with Crippen molar-refractivity contribution < 1.29 is 4.79 Å². The summed E-state index contributed by atoms with van der Waals surface area (Å²) < 4.78 is 0. The fourth-order valence-corrected chi connectivity index (χ4v) is 2.56. The summed E-state index contributed by atoms with van der Waals surface area (Å²) in [6.07, 6.45) is 2.14. The van der Waals surface area contributed by atoms with Crippen LogP contribution in [0.2, 0.25) is 0 Å². The fourth-order valence-electron chi connectivity index (χ4n) is 2.56. The molecule has 1 aromatic rings. The van der Waals surface area contributed by atoms with Crippen molar-refractivity contribution in [1.29, 1.82) is 0 Å². The van der Waals surface area contributed by atoms with E-state index in [2.05, 4.69) is 40.7 Å². The van der Waals surface area contributed by atoms with Crippen LogP contribution in [0.3, 0.4) is 0 Å². The van der Waals surface area contributed by atoms with Gasteiger partial charge in [-0.25, -0.2) is 0 Å². The Morgan fingerprint density at radius 1 is 1.45 bits per heavy atom. The third-order valence-electron chi connectivity index (χ3n) is 3.82. The molecule has 0 aromatic heterocycles. The summed E-state index contributed by atoms with van der Waals surface area (Å²) in [5.74, 6) is 0.121. The number of nitrogens with one attached hydrogen (secondary N) is 2. The molecule has 1 aliphatic heterocycles. The van der Waals surface area contributed by atoms with E-state index in [0.717, 1.165) is 39.0 Å². The van der Waals surface area contributed by atoms with Crippen LogP contribution in [0.25, 0.3) is 0 Å². The number of anilines is 1. The van der Waals surface area contributed by atoms with Crippen LogP contribution >= 0.6 is 0 Å². The number of hydrogen-bond donors (Lipinski definition) is 2. The highest BCUT2D eigenvalue weighted by molar-refractivity contribution is 5.85. The molecule has 1 heterocycles. The minimum atomic E-state index is -0.132. The lowest BCUT2D eigenvalue weighted by Gasteiger charge is -2.30. The molecule has 0 fully saturated rings. The lowest BCUT2D eigenvalue weighted by Crippen LogP contribution is -2.47. The molecule has 1 aromatic carbocycles. The Kier molecular flexibility index (Phi) is 5.41. The average Bonchev–Trinajstić information content (AvgIpc) is 2.69. The van der Waals surface area contributed by atoms with Gasteiger partial charge in [-0.3, -0.25) is 4.79 Å². The molecule has 110 valence electrons. The summed E-state index contributed by atoms with van der Waals surface area (Å²) in [6, 6.07) is 8.20. The van der Waals surface area contributed by atoms with Crippen molar-refractivity contribution in [3.63, 3.8) is 0 Å². The topological polar surface area (TPSA) is 44.4 Å². The number of nitrogens with zero attached hydrogens (tertiary/aromatic N) is 1. The van der Waals surface area contributed by atoms with Gasteiger partial charge in [0, 0.05) is 31.9 Å². The van der Waals surface area contributed by atoms with Crippen molar-refractivity contribution in [2.45, 2.75) is 39.3 Å². The van der Waals surface area contributed by atoms with E-state index in [4.69, 9.17) is 0 Å². The second-order valence-electron chi connectivity index (χ2n) is 5.32. The number of amides is 1. The molecule has 1 unspecified atom stereocenters. The van der Waals surface area contributed by atoms with Gasteiger partial charge < -0.3 is 15.5 Å². The van der Waals surface area contributed by atoms with Crippen molar-refractivity contribution >= 4 is 11.6 Å². The van der Waals surface area contributed by atoms with Crippen LogP contribution in [0, 0.1) is 0 Å². The molecular formula is C16H25N3O. The van der Waals surface area contributed by atoms with Gasteiger partial charge >= 0.3 is 0 Å². The number of hydrogen-bond acceptors (Lipinski definition) is 3. The van der Waals surface area contributed by atoms with Gasteiger partial charge in [0.1, 0.15) is 6.04 Å². The van der Waals surface area contributed by atoms with Gasteiger partial charge in [-0.15, -0.1) is 0 Å². The van der Waals surface area contributed by atoms with Crippen molar-refractivity contribution in [2.24, 2.45) is 0 Å². The number of carbonyl (C=O) groups is 1. The van der Waals surface area contributed by atoms with Gasteiger partial charge in [0.2, 0.25) is 5.91 Å². The Labute approximate surface area is 121 Å². The minimum Gasteiger partial charge on any atom is -0.358 e. The first-order valence-electron chi connectivity index (χ1n) is 7.57. The van der Waals surface area contributed by atoms with E-state index in [9.17, 15) is 4.79 Å². The summed E-state index contributed by atoms with van der Waals surface area (Å²) >= 11 is 0. The van der Waals surface area contributed by atoms with Crippen molar-refractivity contribution in [3.05, 3.63) is 29.8 Å². The second-order valence-corrected chi connectivity index (χ2v) is 5.32. The Balaban J connectivity index is 2.08.